The molecule has 3 radical (unpaired) electrons. The zero-order valence-corrected chi connectivity index (χ0v) is 37.4. The molecule has 3 aliphatic heterocycles. The van der Waals surface area contributed by atoms with Crippen molar-refractivity contribution < 1.29 is 98.1 Å². The summed E-state index contributed by atoms with van der Waals surface area (Å²) in [5.41, 5.74) is 0. The molecule has 9 heteroatoms. The van der Waals surface area contributed by atoms with Gasteiger partial charge in [-0.3, -0.25) is 18.2 Å². The van der Waals surface area contributed by atoms with E-state index in [1.54, 1.807) is 35.1 Å². The van der Waals surface area contributed by atoms with Gasteiger partial charge in [0.25, 0.3) is 0 Å². The number of allylic oxidation sites excluding steroid dienone is 7. The van der Waals surface area contributed by atoms with E-state index in [2.05, 4.69) is 76.0 Å². The van der Waals surface area contributed by atoms with Gasteiger partial charge in [0, 0.05) is 121 Å². The third-order valence-electron chi connectivity index (χ3n) is 3.60. The molecule has 3 aliphatic rings. The third-order valence-corrected chi connectivity index (χ3v) is 10.3. The van der Waals surface area contributed by atoms with Crippen molar-refractivity contribution >= 4 is 64.8 Å². The number of rotatable bonds is 7. The molecule has 0 N–H and O–H groups in total. The number of hydrogen-bond acceptors (Lipinski definition) is 6. The topological polar surface area (TPSA) is 0 Å². The molecular formula is C31H46S6Y3-6. The van der Waals surface area contributed by atoms with Crippen LogP contribution in [-0.2, 0) is 98.1 Å². The van der Waals surface area contributed by atoms with Gasteiger partial charge in [0.15, 0.2) is 0 Å². The molecule has 0 saturated heterocycles. The quantitative estimate of drug-likeness (QED) is 0.141. The summed E-state index contributed by atoms with van der Waals surface area (Å²) in [5.74, 6) is 3.97. The molecule has 221 valence electrons. The van der Waals surface area contributed by atoms with Crippen LogP contribution in [0.3, 0.4) is 0 Å². The minimum absolute atomic E-state index is 0. The Kier molecular flexibility index (Phi) is 76.0. The van der Waals surface area contributed by atoms with Crippen molar-refractivity contribution in [3.63, 3.8) is 0 Å². The summed E-state index contributed by atoms with van der Waals surface area (Å²) in [7, 11) is 11.3. The zero-order valence-electron chi connectivity index (χ0n) is 24.0. The van der Waals surface area contributed by atoms with Gasteiger partial charge in [0.2, 0.25) is 0 Å². The van der Waals surface area contributed by atoms with Gasteiger partial charge >= 0.3 is 0 Å². The molecule has 3 rings (SSSR count). The van der Waals surface area contributed by atoms with E-state index < -0.39 is 0 Å². The third kappa shape index (κ3) is 56.9. The second-order valence-corrected chi connectivity index (χ2v) is 14.2. The average molecular weight is 878 g/mol. The minimum Gasteiger partial charge on any atom is -0.518 e. The van der Waals surface area contributed by atoms with Gasteiger partial charge in [-0.2, -0.15) is 12.3 Å². The Balaban J connectivity index is -0.0000000861. The second kappa shape index (κ2) is 54.7. The molecule has 2 atom stereocenters. The van der Waals surface area contributed by atoms with E-state index in [4.69, 9.17) is 13.2 Å². The SMILES string of the molecule is C1=CCSSC1.C1=CSSCC1.C=CC1CC=CSS1.[CH-]=CCC([CH2-])C=C.[CH-]=CCC[CH2-].[CH2-]C=CC[CH2-].[Y].[Y].[Y]. The Bertz CT molecular complexity index is 588. The van der Waals surface area contributed by atoms with Crippen LogP contribution >= 0.6 is 64.8 Å². The molecule has 0 aromatic carbocycles. The standard InChI is InChI=1S/C7H10.C6H8S2.2C5H8.2C4H6S2.3Y/c1-4-6-7(3)5-2;1-2-6-4-3-5-7-8-6;2*1-3-5-4-2;2*1-2-4-6-5-3-1;;;/h1,4-5,7H,2-3,6H2;2-3,5-6H,1,4H2;3,5H,1-2,4H2;1,3H,2,4-5H2;1,3H,2,4H2;1-2H,3-4H2;;;/q-2;;2*-2;;;;;. The van der Waals surface area contributed by atoms with E-state index in [1.807, 2.05) is 66.1 Å². The van der Waals surface area contributed by atoms with Gasteiger partial charge in [-0.05, 0) is 23.7 Å². The van der Waals surface area contributed by atoms with Crippen LogP contribution < -0.4 is 0 Å². The second-order valence-electron chi connectivity index (χ2n) is 6.80. The van der Waals surface area contributed by atoms with Gasteiger partial charge in [-0.25, -0.2) is 19.4 Å². The van der Waals surface area contributed by atoms with Crippen LogP contribution in [0.4, 0.5) is 0 Å². The molecule has 3 heterocycles. The van der Waals surface area contributed by atoms with E-state index >= 15 is 0 Å². The summed E-state index contributed by atoms with van der Waals surface area (Å²) in [6, 6.07) is 0. The normalized spacial score (nSPS) is 16.3. The van der Waals surface area contributed by atoms with Crippen molar-refractivity contribution in [2.45, 2.75) is 43.8 Å². The van der Waals surface area contributed by atoms with Crippen LogP contribution in [0.25, 0.3) is 0 Å². The fraction of sp³-hybridized carbons (Fsp3) is 0.355. The molecule has 0 spiro atoms. The van der Waals surface area contributed by atoms with Gasteiger partial charge in [0.05, 0.1) is 0 Å². The summed E-state index contributed by atoms with van der Waals surface area (Å²) < 4.78 is 0. The van der Waals surface area contributed by atoms with Crippen molar-refractivity contribution in [1.29, 1.82) is 0 Å². The Morgan fingerprint density at radius 3 is 1.68 bits per heavy atom. The molecule has 0 amide bonds. The van der Waals surface area contributed by atoms with Crippen LogP contribution in [0, 0.1) is 46.8 Å². The van der Waals surface area contributed by atoms with Crippen molar-refractivity contribution in [1.82, 2.24) is 0 Å². The van der Waals surface area contributed by atoms with E-state index in [1.165, 1.54) is 23.7 Å². The van der Waals surface area contributed by atoms with Gasteiger partial charge in [0.1, 0.15) is 0 Å². The first-order chi connectivity index (χ1) is 18.1. The molecule has 40 heavy (non-hydrogen) atoms. The first-order valence-electron chi connectivity index (χ1n) is 12.0. The largest absolute Gasteiger partial charge is 0.518 e. The molecule has 0 aromatic rings. The fourth-order valence-electron chi connectivity index (χ4n) is 1.64. The van der Waals surface area contributed by atoms with E-state index in [0.29, 0.717) is 5.25 Å². The summed E-state index contributed by atoms with van der Waals surface area (Å²) in [4.78, 5) is 0. The Hall–Kier alpha value is 3.20. The molecule has 0 fully saturated rings. The summed E-state index contributed by atoms with van der Waals surface area (Å²) >= 11 is 0. The molecule has 0 saturated carbocycles. The van der Waals surface area contributed by atoms with E-state index in [0.717, 1.165) is 32.1 Å². The Morgan fingerprint density at radius 2 is 1.52 bits per heavy atom. The summed E-state index contributed by atoms with van der Waals surface area (Å²) in [6.07, 6.45) is 25.4. The van der Waals surface area contributed by atoms with E-state index in [-0.39, 0.29) is 104 Å². The minimum atomic E-state index is 0. The van der Waals surface area contributed by atoms with Gasteiger partial charge < -0.3 is 33.9 Å². The maximum atomic E-state index is 5.09. The summed E-state index contributed by atoms with van der Waals surface area (Å²) in [6.45, 7) is 31.6. The predicted molar refractivity (Wildman–Crippen MR) is 191 cm³/mol. The fourth-order valence-corrected chi connectivity index (χ4v) is 6.97. The van der Waals surface area contributed by atoms with Crippen LogP contribution in [0.1, 0.15) is 38.5 Å². The van der Waals surface area contributed by atoms with Crippen LogP contribution in [-0.4, -0.2) is 22.5 Å². The zero-order chi connectivity index (χ0) is 28.2. The first kappa shape index (κ1) is 55.6. The number of hydrogen-bond donors (Lipinski definition) is 0. The van der Waals surface area contributed by atoms with Crippen molar-refractivity contribution in [2.75, 3.05) is 17.3 Å². The molecule has 2 unspecified atom stereocenters. The van der Waals surface area contributed by atoms with Crippen molar-refractivity contribution in [3.05, 3.63) is 126 Å². The predicted octanol–water partition coefficient (Wildman–Crippen LogP) is 12.2. The van der Waals surface area contributed by atoms with Crippen molar-refractivity contribution in [3.8, 4) is 0 Å². The monoisotopic (exact) mass is 877 g/mol. The van der Waals surface area contributed by atoms with Crippen LogP contribution in [0.2, 0.25) is 0 Å². The summed E-state index contributed by atoms with van der Waals surface area (Å²) in [5, 5.41) is 4.92. The molecule has 0 aromatic heterocycles. The maximum Gasteiger partial charge on any atom is 0.0366 e. The van der Waals surface area contributed by atoms with Crippen LogP contribution in [0.5, 0.6) is 0 Å². The maximum absolute atomic E-state index is 5.09. The van der Waals surface area contributed by atoms with E-state index in [9.17, 15) is 0 Å². The molecular weight excluding hydrogens is 831 g/mol. The Morgan fingerprint density at radius 1 is 0.900 bits per heavy atom. The van der Waals surface area contributed by atoms with Gasteiger partial charge in [-0.15, -0.1) is 19.2 Å². The Labute approximate surface area is 349 Å². The van der Waals surface area contributed by atoms with Crippen LogP contribution in [0.15, 0.2) is 84.7 Å². The molecule has 0 aliphatic carbocycles. The molecule has 0 nitrogen and oxygen atoms in total. The number of unbranched alkanes of at least 4 members (excludes halogenated alkanes) is 1. The molecule has 0 bridgehead atoms. The smallest absolute Gasteiger partial charge is 0.0366 e. The van der Waals surface area contributed by atoms with Crippen molar-refractivity contribution in [2.24, 2.45) is 5.92 Å². The first-order valence-corrected chi connectivity index (χ1v) is 19.2. The van der Waals surface area contributed by atoms with Gasteiger partial charge in [-0.1, -0.05) is 108 Å². The average Bonchev–Trinajstić information content (AvgIpc) is 2.98.